The van der Waals surface area contributed by atoms with Crippen LogP contribution in [0.4, 0.5) is 0 Å². The van der Waals surface area contributed by atoms with Gasteiger partial charge in [0.1, 0.15) is 0 Å². The van der Waals surface area contributed by atoms with Crippen molar-refractivity contribution in [2.45, 2.75) is 126 Å². The maximum Gasteiger partial charge on any atom is 0.0402 e. The van der Waals surface area contributed by atoms with E-state index in [0.717, 1.165) is 57.8 Å². The normalized spacial score (nSPS) is 48.2. The molecule has 252 valence electrons. The van der Waals surface area contributed by atoms with Crippen LogP contribution in [0.25, 0.3) is 0 Å². The van der Waals surface area contributed by atoms with Gasteiger partial charge in [-0.15, -0.1) is 25.7 Å². The van der Waals surface area contributed by atoms with Crippen molar-refractivity contribution in [3.8, 4) is 49.4 Å². The molecule has 12 aliphatic carbocycles. The number of terminal acetylenes is 4. The van der Waals surface area contributed by atoms with Crippen molar-refractivity contribution >= 4 is 0 Å². The monoisotopic (exact) mass is 652 g/mol. The summed E-state index contributed by atoms with van der Waals surface area (Å²) in [6.07, 6.45) is 50.3. The summed E-state index contributed by atoms with van der Waals surface area (Å²) < 4.78 is 0. The Morgan fingerprint density at radius 3 is 1.00 bits per heavy atom. The van der Waals surface area contributed by atoms with Crippen LogP contribution >= 0.6 is 0 Å². The first kappa shape index (κ1) is 30.3. The van der Waals surface area contributed by atoms with Crippen molar-refractivity contribution in [1.29, 1.82) is 0 Å². The second-order valence-corrected chi connectivity index (χ2v) is 20.7. The van der Waals surface area contributed by atoms with Gasteiger partial charge in [-0.2, -0.15) is 0 Å². The molecule has 12 fully saturated rings. The Bertz CT molecular complexity index is 1820. The number of hydrogen-bond donors (Lipinski definition) is 0. The van der Waals surface area contributed by atoms with E-state index in [-0.39, 0.29) is 10.8 Å². The molecule has 0 aliphatic heterocycles. The molecule has 4 atom stereocenters. The topological polar surface area (TPSA) is 0 Å². The lowest BCUT2D eigenvalue weighted by atomic mass is 9.26. The molecule has 0 N–H and O–H groups in total. The zero-order valence-corrected chi connectivity index (χ0v) is 30.0. The van der Waals surface area contributed by atoms with E-state index in [1.165, 1.54) is 127 Å². The fraction of sp³-hybridized carbons (Fsp3) is 0.600. The van der Waals surface area contributed by atoms with Gasteiger partial charge >= 0.3 is 0 Å². The highest BCUT2D eigenvalue weighted by molar-refractivity contribution is 5.53. The third kappa shape index (κ3) is 3.75. The molecule has 2 aromatic carbocycles. The van der Waals surface area contributed by atoms with Gasteiger partial charge in [0.2, 0.25) is 0 Å². The van der Waals surface area contributed by atoms with Gasteiger partial charge in [0.25, 0.3) is 0 Å². The summed E-state index contributed by atoms with van der Waals surface area (Å²) in [5, 5.41) is 0. The molecular weight excluding hydrogens is 601 g/mol. The molecule has 2 aromatic rings. The highest BCUT2D eigenvalue weighted by Crippen LogP contribution is 2.83. The van der Waals surface area contributed by atoms with Crippen molar-refractivity contribution < 1.29 is 0 Å². The van der Waals surface area contributed by atoms with E-state index < -0.39 is 0 Å². The van der Waals surface area contributed by atoms with E-state index in [1.807, 2.05) is 0 Å². The Morgan fingerprint density at radius 2 is 0.680 bits per heavy atom. The van der Waals surface area contributed by atoms with Crippen LogP contribution in [0.3, 0.4) is 0 Å². The van der Waals surface area contributed by atoms with E-state index >= 15 is 0 Å². The van der Waals surface area contributed by atoms with Gasteiger partial charge in [-0.25, -0.2) is 0 Å². The smallest absolute Gasteiger partial charge is 0.0402 e. The van der Waals surface area contributed by atoms with E-state index in [0.29, 0.717) is 21.7 Å². The third-order valence-corrected chi connectivity index (χ3v) is 18.3. The van der Waals surface area contributed by atoms with Gasteiger partial charge in [-0.05, 0) is 219 Å². The van der Waals surface area contributed by atoms with Crippen LogP contribution in [0, 0.1) is 107 Å². The average molecular weight is 653 g/mol. The standard InChI is InChI=1S/C50H52/c1-5-39-9-11-43(16-41(39)7-3)45-18-33-13-34(19-45)23-47(22-33,30-45)49-26-37-15-38(27-49)29-50(28-37,32-49)48-24-35-14-36(25-48)21-46(20-35,31-48)44-12-10-40(6-2)42(8-4)17-44/h1-4,9-12,16-17,33-38H,13-15,18-32H2. The summed E-state index contributed by atoms with van der Waals surface area (Å²) in [6, 6.07) is 13.8. The van der Waals surface area contributed by atoms with Gasteiger partial charge in [-0.1, -0.05) is 35.8 Å². The van der Waals surface area contributed by atoms with Crippen LogP contribution in [-0.4, -0.2) is 0 Å². The van der Waals surface area contributed by atoms with E-state index in [2.05, 4.69) is 60.1 Å². The van der Waals surface area contributed by atoms with Crippen LogP contribution in [0.1, 0.15) is 149 Å². The Labute approximate surface area is 301 Å². The van der Waals surface area contributed by atoms with Crippen molar-refractivity contribution in [1.82, 2.24) is 0 Å². The SMILES string of the molecule is C#Cc1ccc(C23CC4CC(C2)CC(C25CC6CC(C2)CC(C27CC8CC(CC(c9ccc(C#C)c(C#C)c9)(C8)C2)C7)(C6)C5)(C4)C3)cc1C#C. The zero-order chi connectivity index (χ0) is 33.7. The van der Waals surface area contributed by atoms with Gasteiger partial charge in [0.05, 0.1) is 0 Å². The Hall–Kier alpha value is -3.32. The molecule has 14 rings (SSSR count). The number of benzene rings is 2. The predicted octanol–water partition coefficient (Wildman–Crippen LogP) is 10.6. The van der Waals surface area contributed by atoms with Crippen molar-refractivity contribution in [3.05, 3.63) is 69.8 Å². The predicted molar refractivity (Wildman–Crippen MR) is 202 cm³/mol. The fourth-order valence-corrected chi connectivity index (χ4v) is 18.2. The molecule has 12 saturated carbocycles. The van der Waals surface area contributed by atoms with Crippen molar-refractivity contribution in [2.75, 3.05) is 0 Å². The first-order valence-corrected chi connectivity index (χ1v) is 20.3. The molecule has 0 amide bonds. The van der Waals surface area contributed by atoms with Crippen molar-refractivity contribution in [3.63, 3.8) is 0 Å². The molecule has 50 heavy (non-hydrogen) atoms. The summed E-state index contributed by atoms with van der Waals surface area (Å²) in [6.45, 7) is 0. The maximum absolute atomic E-state index is 6.07. The minimum atomic E-state index is 0.281. The summed E-state index contributed by atoms with van der Waals surface area (Å²) in [5.41, 5.74) is 9.27. The molecule has 0 nitrogen and oxygen atoms in total. The number of rotatable bonds is 4. The Kier molecular flexibility index (Phi) is 5.92. The first-order chi connectivity index (χ1) is 24.2. The third-order valence-electron chi connectivity index (χ3n) is 18.3. The maximum atomic E-state index is 6.07. The minimum absolute atomic E-state index is 0.281. The molecular formula is C50H52. The molecule has 4 unspecified atom stereocenters. The molecule has 0 radical (unpaired) electrons. The first-order valence-electron chi connectivity index (χ1n) is 20.3. The quantitative estimate of drug-likeness (QED) is 0.288. The lowest BCUT2D eigenvalue weighted by Crippen LogP contribution is -2.69. The Morgan fingerprint density at radius 1 is 0.380 bits per heavy atom. The van der Waals surface area contributed by atoms with Gasteiger partial charge < -0.3 is 0 Å². The van der Waals surface area contributed by atoms with Crippen LogP contribution in [0.15, 0.2) is 36.4 Å². The summed E-state index contributed by atoms with van der Waals surface area (Å²) in [5.74, 6) is 17.1. The molecule has 12 bridgehead atoms. The molecule has 12 aliphatic rings. The fourth-order valence-electron chi connectivity index (χ4n) is 18.2. The largest absolute Gasteiger partial charge is 0.115 e. The van der Waals surface area contributed by atoms with Crippen LogP contribution in [0.2, 0.25) is 0 Å². The van der Waals surface area contributed by atoms with Crippen molar-refractivity contribution in [2.24, 2.45) is 57.2 Å². The minimum Gasteiger partial charge on any atom is -0.115 e. The van der Waals surface area contributed by atoms with E-state index in [9.17, 15) is 0 Å². The highest BCUT2D eigenvalue weighted by atomic mass is 14.8. The highest BCUT2D eigenvalue weighted by Gasteiger charge is 2.74. The lowest BCUT2D eigenvalue weighted by molar-refractivity contribution is -0.272. The summed E-state index contributed by atoms with van der Waals surface area (Å²) >= 11 is 0. The van der Waals surface area contributed by atoms with E-state index in [4.69, 9.17) is 25.7 Å². The van der Waals surface area contributed by atoms with Gasteiger partial charge in [0.15, 0.2) is 0 Å². The lowest BCUT2D eigenvalue weighted by Gasteiger charge is -2.78. The number of hydrogen-bond acceptors (Lipinski definition) is 0. The molecule has 0 heteroatoms. The van der Waals surface area contributed by atoms with E-state index in [1.54, 1.807) is 0 Å². The molecule has 0 saturated heterocycles. The second kappa shape index (κ2) is 9.76. The zero-order valence-electron chi connectivity index (χ0n) is 30.0. The van der Waals surface area contributed by atoms with Crippen LogP contribution in [-0.2, 0) is 10.8 Å². The molecule has 0 spiro atoms. The van der Waals surface area contributed by atoms with Crippen LogP contribution < -0.4 is 0 Å². The average Bonchev–Trinajstić information content (AvgIpc) is 3.09. The molecule has 0 aromatic heterocycles. The summed E-state index contributed by atoms with van der Waals surface area (Å²) in [4.78, 5) is 0. The van der Waals surface area contributed by atoms with Gasteiger partial charge in [-0.3, -0.25) is 0 Å². The van der Waals surface area contributed by atoms with Gasteiger partial charge in [0, 0.05) is 22.3 Å². The summed E-state index contributed by atoms with van der Waals surface area (Å²) in [7, 11) is 0. The molecule has 0 heterocycles. The Balaban J connectivity index is 1.000. The second-order valence-electron chi connectivity index (χ2n) is 20.7. The van der Waals surface area contributed by atoms with Crippen LogP contribution in [0.5, 0.6) is 0 Å².